The quantitative estimate of drug-likeness (QED) is 0.816. The molecular formula is C18H19N3O5. The number of carbonyl (C=O) groups is 1. The Kier molecular flexibility index (Phi) is 4.47. The highest BCUT2D eigenvalue weighted by Crippen LogP contribution is 2.31. The van der Waals surface area contributed by atoms with E-state index in [1.165, 1.54) is 19.5 Å². The van der Waals surface area contributed by atoms with E-state index in [0.717, 1.165) is 6.42 Å². The summed E-state index contributed by atoms with van der Waals surface area (Å²) >= 11 is 0. The Bertz CT molecular complexity index is 800. The van der Waals surface area contributed by atoms with Gasteiger partial charge in [0.25, 0.3) is 5.91 Å². The molecule has 0 radical (unpaired) electrons. The third kappa shape index (κ3) is 3.35. The minimum atomic E-state index is -0.639. The maximum atomic E-state index is 12.7. The molecule has 1 amide bonds. The lowest BCUT2D eigenvalue weighted by Crippen LogP contribution is -2.46. The summed E-state index contributed by atoms with van der Waals surface area (Å²) < 4.78 is 22.3. The monoisotopic (exact) mass is 357 g/mol. The average Bonchev–Trinajstić information content (AvgIpc) is 3.15. The fourth-order valence-corrected chi connectivity index (χ4v) is 3.03. The Morgan fingerprint density at radius 1 is 1.23 bits per heavy atom. The van der Waals surface area contributed by atoms with E-state index in [4.69, 9.17) is 18.9 Å². The summed E-state index contributed by atoms with van der Waals surface area (Å²) in [5, 5.41) is 0. The molecule has 1 fully saturated rings. The number of benzene rings is 1. The van der Waals surface area contributed by atoms with Crippen molar-refractivity contribution in [1.82, 2.24) is 14.9 Å². The van der Waals surface area contributed by atoms with Gasteiger partial charge in [0.1, 0.15) is 12.7 Å². The number of ether oxygens (including phenoxy) is 4. The molecule has 2 aliphatic rings. The maximum Gasteiger partial charge on any atom is 0.267 e. The van der Waals surface area contributed by atoms with Crippen LogP contribution >= 0.6 is 0 Å². The Morgan fingerprint density at radius 2 is 2.04 bits per heavy atom. The first-order chi connectivity index (χ1) is 12.7. The summed E-state index contributed by atoms with van der Waals surface area (Å²) in [6.07, 6.45) is 2.98. The zero-order valence-electron chi connectivity index (χ0n) is 14.3. The Morgan fingerprint density at radius 3 is 2.88 bits per heavy atom. The second-order valence-electron chi connectivity index (χ2n) is 6.08. The van der Waals surface area contributed by atoms with Gasteiger partial charge >= 0.3 is 0 Å². The lowest BCUT2D eigenvalue weighted by Gasteiger charge is -2.28. The van der Waals surface area contributed by atoms with E-state index >= 15 is 0 Å². The van der Waals surface area contributed by atoms with Gasteiger partial charge in [-0.2, -0.15) is 4.98 Å². The van der Waals surface area contributed by atoms with Crippen molar-refractivity contribution in [3.05, 3.63) is 36.7 Å². The summed E-state index contributed by atoms with van der Waals surface area (Å²) in [5.41, 5.74) is 0. The maximum absolute atomic E-state index is 12.7. The molecule has 26 heavy (non-hydrogen) atoms. The highest BCUT2D eigenvalue weighted by atomic mass is 16.6. The molecule has 2 aromatic rings. The first-order valence-corrected chi connectivity index (χ1v) is 8.43. The number of methoxy groups -OCH3 is 1. The number of fused-ring (bicyclic) bond motifs is 1. The zero-order chi connectivity index (χ0) is 17.9. The van der Waals surface area contributed by atoms with Crippen molar-refractivity contribution < 1.29 is 23.7 Å². The molecule has 3 heterocycles. The Balaban J connectivity index is 1.35. The van der Waals surface area contributed by atoms with Crippen LogP contribution in [-0.4, -0.2) is 59.8 Å². The fraction of sp³-hybridized carbons (Fsp3) is 0.389. The first kappa shape index (κ1) is 16.4. The SMILES string of the molecule is COc1cncc(O[C@@H]2CCN(C(=O)[C@@H]3COc4ccccc4O3)C2)n1. The normalized spacial score (nSPS) is 21.3. The van der Waals surface area contributed by atoms with Gasteiger partial charge in [-0.1, -0.05) is 12.1 Å². The van der Waals surface area contributed by atoms with Gasteiger partial charge in [-0.3, -0.25) is 9.78 Å². The number of amides is 1. The molecule has 0 bridgehead atoms. The van der Waals surface area contributed by atoms with Crippen LogP contribution in [0.15, 0.2) is 36.7 Å². The van der Waals surface area contributed by atoms with Crippen LogP contribution in [0.1, 0.15) is 6.42 Å². The van der Waals surface area contributed by atoms with Crippen LogP contribution in [0.2, 0.25) is 0 Å². The Hall–Kier alpha value is -3.03. The van der Waals surface area contributed by atoms with Crippen LogP contribution in [0.5, 0.6) is 23.3 Å². The molecule has 0 unspecified atom stereocenters. The predicted octanol–water partition coefficient (Wildman–Crippen LogP) is 1.30. The predicted molar refractivity (Wildman–Crippen MR) is 90.6 cm³/mol. The van der Waals surface area contributed by atoms with Crippen LogP contribution < -0.4 is 18.9 Å². The summed E-state index contributed by atoms with van der Waals surface area (Å²) in [7, 11) is 1.52. The number of carbonyl (C=O) groups excluding carboxylic acids is 1. The van der Waals surface area contributed by atoms with Crippen molar-refractivity contribution in [1.29, 1.82) is 0 Å². The van der Waals surface area contributed by atoms with E-state index in [-0.39, 0.29) is 18.6 Å². The topological polar surface area (TPSA) is 83.0 Å². The molecule has 0 spiro atoms. The highest BCUT2D eigenvalue weighted by Gasteiger charge is 2.35. The van der Waals surface area contributed by atoms with Crippen molar-refractivity contribution in [2.24, 2.45) is 0 Å². The molecule has 2 aliphatic heterocycles. The van der Waals surface area contributed by atoms with Gasteiger partial charge in [-0.15, -0.1) is 0 Å². The van der Waals surface area contributed by atoms with Crippen LogP contribution in [0.3, 0.4) is 0 Å². The molecule has 8 nitrogen and oxygen atoms in total. The van der Waals surface area contributed by atoms with E-state index in [0.29, 0.717) is 36.3 Å². The molecule has 1 saturated heterocycles. The lowest BCUT2D eigenvalue weighted by molar-refractivity contribution is -0.140. The number of hydrogen-bond acceptors (Lipinski definition) is 7. The standard InChI is InChI=1S/C18H19N3O5/c1-23-16-8-19-9-17(20-16)25-12-6-7-21(10-12)18(22)15-11-24-13-4-2-3-5-14(13)26-15/h2-5,8-9,12,15H,6-7,10-11H2,1H3/t12-,15+/m1/s1. The molecule has 0 aliphatic carbocycles. The van der Waals surface area contributed by atoms with E-state index in [1.807, 2.05) is 18.2 Å². The van der Waals surface area contributed by atoms with Crippen molar-refractivity contribution in [2.45, 2.75) is 18.6 Å². The first-order valence-electron chi connectivity index (χ1n) is 8.43. The second-order valence-corrected chi connectivity index (χ2v) is 6.08. The number of nitrogens with zero attached hydrogens (tertiary/aromatic N) is 3. The molecule has 1 aromatic heterocycles. The van der Waals surface area contributed by atoms with Crippen molar-refractivity contribution >= 4 is 5.91 Å². The number of para-hydroxylation sites is 2. The molecular weight excluding hydrogens is 338 g/mol. The van der Waals surface area contributed by atoms with Gasteiger partial charge in [0, 0.05) is 13.0 Å². The van der Waals surface area contributed by atoms with E-state index in [2.05, 4.69) is 9.97 Å². The summed E-state index contributed by atoms with van der Waals surface area (Å²) in [6.45, 7) is 1.28. The number of hydrogen-bond donors (Lipinski definition) is 0. The number of aromatic nitrogens is 2. The lowest BCUT2D eigenvalue weighted by atomic mass is 10.2. The molecule has 4 rings (SSSR count). The van der Waals surface area contributed by atoms with E-state index in [9.17, 15) is 4.79 Å². The zero-order valence-corrected chi connectivity index (χ0v) is 14.3. The molecule has 8 heteroatoms. The molecule has 1 aromatic carbocycles. The molecule has 0 saturated carbocycles. The second kappa shape index (κ2) is 7.07. The van der Waals surface area contributed by atoms with Crippen LogP contribution in [0, 0.1) is 0 Å². The van der Waals surface area contributed by atoms with Crippen LogP contribution in [-0.2, 0) is 4.79 Å². The fourth-order valence-electron chi connectivity index (χ4n) is 3.03. The van der Waals surface area contributed by atoms with Crippen LogP contribution in [0.4, 0.5) is 0 Å². The van der Waals surface area contributed by atoms with E-state index in [1.54, 1.807) is 11.0 Å². The largest absolute Gasteiger partial charge is 0.485 e. The van der Waals surface area contributed by atoms with Gasteiger partial charge in [-0.05, 0) is 12.1 Å². The summed E-state index contributed by atoms with van der Waals surface area (Å²) in [6, 6.07) is 7.34. The van der Waals surface area contributed by atoms with E-state index < -0.39 is 6.10 Å². The smallest absolute Gasteiger partial charge is 0.267 e. The van der Waals surface area contributed by atoms with Crippen molar-refractivity contribution in [3.8, 4) is 23.3 Å². The molecule has 2 atom stereocenters. The number of rotatable bonds is 4. The summed E-state index contributed by atoms with van der Waals surface area (Å²) in [5.74, 6) is 1.93. The van der Waals surface area contributed by atoms with Gasteiger partial charge in [0.15, 0.2) is 11.5 Å². The summed E-state index contributed by atoms with van der Waals surface area (Å²) in [4.78, 5) is 22.7. The number of likely N-dealkylation sites (tertiary alicyclic amines) is 1. The van der Waals surface area contributed by atoms with Gasteiger partial charge in [0.2, 0.25) is 17.9 Å². The minimum Gasteiger partial charge on any atom is -0.485 e. The minimum absolute atomic E-state index is 0.0951. The third-order valence-corrected chi connectivity index (χ3v) is 4.33. The third-order valence-electron chi connectivity index (χ3n) is 4.33. The van der Waals surface area contributed by atoms with Gasteiger partial charge in [-0.25, -0.2) is 0 Å². The van der Waals surface area contributed by atoms with Crippen molar-refractivity contribution in [3.63, 3.8) is 0 Å². The van der Waals surface area contributed by atoms with Gasteiger partial charge < -0.3 is 23.8 Å². The van der Waals surface area contributed by atoms with Crippen molar-refractivity contribution in [2.75, 3.05) is 26.8 Å². The van der Waals surface area contributed by atoms with Crippen LogP contribution in [0.25, 0.3) is 0 Å². The molecule has 136 valence electrons. The Labute approximate surface area is 150 Å². The average molecular weight is 357 g/mol. The van der Waals surface area contributed by atoms with Gasteiger partial charge in [0.05, 0.1) is 26.0 Å². The molecule has 0 N–H and O–H groups in total. The highest BCUT2D eigenvalue weighted by molar-refractivity contribution is 5.82.